The van der Waals surface area contributed by atoms with Crippen molar-refractivity contribution in [2.24, 2.45) is 0 Å². The summed E-state index contributed by atoms with van der Waals surface area (Å²) in [4.78, 5) is 44.5. The zero-order valence-corrected chi connectivity index (χ0v) is 15.6. The molecule has 0 unspecified atom stereocenters. The first-order chi connectivity index (χ1) is 13.7. The van der Waals surface area contributed by atoms with Crippen molar-refractivity contribution >= 4 is 24.1 Å². The van der Waals surface area contributed by atoms with E-state index in [4.69, 9.17) is 0 Å². The summed E-state index contributed by atoms with van der Waals surface area (Å²) in [6, 6.07) is 5.85. The molecule has 9 heteroatoms. The predicted octanol–water partition coefficient (Wildman–Crippen LogP) is 0.112. The van der Waals surface area contributed by atoms with Gasteiger partial charge in [0.25, 0.3) is 5.91 Å². The molecule has 0 saturated carbocycles. The number of amides is 2. The number of carbonyl (C=O) groups is 2. The van der Waals surface area contributed by atoms with E-state index >= 15 is 0 Å². The zero-order chi connectivity index (χ0) is 19.3. The molecule has 2 fully saturated rings. The predicted molar refractivity (Wildman–Crippen MR) is 104 cm³/mol. The topological polar surface area (TPSA) is 85.8 Å². The van der Waals surface area contributed by atoms with Crippen molar-refractivity contribution in [1.29, 1.82) is 0 Å². The molecule has 146 valence electrons. The molecule has 2 aliphatic heterocycles. The number of nitrogens with zero attached hydrogens (tertiary/aromatic N) is 7. The van der Waals surface area contributed by atoms with E-state index in [9.17, 15) is 9.59 Å². The van der Waals surface area contributed by atoms with Crippen LogP contribution in [0.4, 0.5) is 11.8 Å². The van der Waals surface area contributed by atoms with Gasteiger partial charge in [-0.15, -0.1) is 0 Å². The first kappa shape index (κ1) is 18.1. The smallest absolute Gasteiger partial charge is 0.257 e. The third-order valence-corrected chi connectivity index (χ3v) is 5.17. The maximum atomic E-state index is 12.8. The molecule has 2 aromatic heterocycles. The fourth-order valence-corrected chi connectivity index (χ4v) is 3.48. The molecule has 2 amide bonds. The molecule has 2 aliphatic rings. The first-order valence-electron chi connectivity index (χ1n) is 9.46. The molecule has 2 saturated heterocycles. The normalized spacial score (nSPS) is 17.6. The van der Waals surface area contributed by atoms with E-state index < -0.39 is 0 Å². The van der Waals surface area contributed by atoms with Crippen molar-refractivity contribution in [3.05, 3.63) is 42.4 Å². The summed E-state index contributed by atoms with van der Waals surface area (Å²) in [5.41, 5.74) is 0.501. The number of anilines is 2. The number of hydrogen-bond donors (Lipinski definition) is 0. The van der Waals surface area contributed by atoms with Crippen molar-refractivity contribution in [2.45, 2.75) is 0 Å². The largest absolute Gasteiger partial charge is 0.353 e. The maximum Gasteiger partial charge on any atom is 0.257 e. The van der Waals surface area contributed by atoms with Gasteiger partial charge in [0.2, 0.25) is 12.4 Å². The van der Waals surface area contributed by atoms with Crippen molar-refractivity contribution in [2.75, 3.05) is 62.2 Å². The molecule has 4 heterocycles. The van der Waals surface area contributed by atoms with Gasteiger partial charge in [-0.3, -0.25) is 9.59 Å². The molecule has 0 aromatic carbocycles. The Bertz CT molecular complexity index is 799. The lowest BCUT2D eigenvalue weighted by molar-refractivity contribution is -0.118. The Morgan fingerprint density at radius 3 is 2.14 bits per heavy atom. The van der Waals surface area contributed by atoms with E-state index in [1.54, 1.807) is 23.5 Å². The van der Waals surface area contributed by atoms with Gasteiger partial charge in [-0.05, 0) is 12.1 Å². The Morgan fingerprint density at radius 2 is 1.54 bits per heavy atom. The Balaban J connectivity index is 1.33. The SMILES string of the molecule is O=CN1CCN(c2ncc(C(=O)N3CCN(c4ccccn4)CC3)cn2)CC1. The van der Waals surface area contributed by atoms with Gasteiger partial charge in [0, 0.05) is 70.9 Å². The Morgan fingerprint density at radius 1 is 0.857 bits per heavy atom. The van der Waals surface area contributed by atoms with Crippen molar-refractivity contribution < 1.29 is 9.59 Å². The van der Waals surface area contributed by atoms with E-state index in [0.29, 0.717) is 50.8 Å². The number of pyridine rings is 1. The summed E-state index contributed by atoms with van der Waals surface area (Å²) >= 11 is 0. The van der Waals surface area contributed by atoms with Crippen LogP contribution in [0.15, 0.2) is 36.8 Å². The Hall–Kier alpha value is -3.23. The van der Waals surface area contributed by atoms with Gasteiger partial charge in [0.1, 0.15) is 5.82 Å². The van der Waals surface area contributed by atoms with Crippen LogP contribution in [0.1, 0.15) is 10.4 Å². The van der Waals surface area contributed by atoms with E-state index in [-0.39, 0.29) is 5.91 Å². The number of piperazine rings is 2. The van der Waals surface area contributed by atoms with Crippen LogP contribution in [0.25, 0.3) is 0 Å². The summed E-state index contributed by atoms with van der Waals surface area (Å²) in [6.07, 6.45) is 5.85. The minimum Gasteiger partial charge on any atom is -0.353 e. The van der Waals surface area contributed by atoms with Crippen LogP contribution >= 0.6 is 0 Å². The fourth-order valence-electron chi connectivity index (χ4n) is 3.48. The molecular formula is C19H23N7O2. The minimum atomic E-state index is -0.0435. The average molecular weight is 381 g/mol. The van der Waals surface area contributed by atoms with Crippen LogP contribution in [0.3, 0.4) is 0 Å². The average Bonchev–Trinajstić information content (AvgIpc) is 2.79. The third kappa shape index (κ3) is 3.88. The van der Waals surface area contributed by atoms with Gasteiger partial charge in [-0.2, -0.15) is 0 Å². The standard InChI is InChI=1S/C19H23N7O2/c27-15-23-5-7-26(8-6-23)19-21-13-16(14-22-19)18(28)25-11-9-24(10-12-25)17-3-1-2-4-20-17/h1-4,13-15H,5-12H2. The summed E-state index contributed by atoms with van der Waals surface area (Å²) < 4.78 is 0. The van der Waals surface area contributed by atoms with E-state index in [0.717, 1.165) is 25.3 Å². The summed E-state index contributed by atoms with van der Waals surface area (Å²) in [7, 11) is 0. The monoisotopic (exact) mass is 381 g/mol. The van der Waals surface area contributed by atoms with Crippen LogP contribution in [0, 0.1) is 0 Å². The highest BCUT2D eigenvalue weighted by Crippen LogP contribution is 2.15. The molecule has 2 aromatic rings. The molecule has 4 rings (SSSR count). The van der Waals surface area contributed by atoms with E-state index in [1.165, 1.54) is 0 Å². The molecule has 0 aliphatic carbocycles. The van der Waals surface area contributed by atoms with Crippen molar-refractivity contribution in [3.63, 3.8) is 0 Å². The van der Waals surface area contributed by atoms with Gasteiger partial charge in [-0.1, -0.05) is 6.07 Å². The lowest BCUT2D eigenvalue weighted by atomic mass is 10.2. The van der Waals surface area contributed by atoms with Crippen molar-refractivity contribution in [1.82, 2.24) is 24.8 Å². The van der Waals surface area contributed by atoms with E-state index in [2.05, 4.69) is 19.9 Å². The lowest BCUT2D eigenvalue weighted by Gasteiger charge is -2.35. The fraction of sp³-hybridized carbons (Fsp3) is 0.421. The molecule has 0 atom stereocenters. The third-order valence-electron chi connectivity index (χ3n) is 5.17. The highest BCUT2D eigenvalue weighted by molar-refractivity contribution is 5.93. The van der Waals surface area contributed by atoms with Gasteiger partial charge in [-0.25, -0.2) is 15.0 Å². The van der Waals surface area contributed by atoms with Crippen LogP contribution in [-0.2, 0) is 4.79 Å². The van der Waals surface area contributed by atoms with Crippen LogP contribution < -0.4 is 9.80 Å². The van der Waals surface area contributed by atoms with Crippen LogP contribution in [0.5, 0.6) is 0 Å². The van der Waals surface area contributed by atoms with Crippen molar-refractivity contribution in [3.8, 4) is 0 Å². The number of hydrogen-bond acceptors (Lipinski definition) is 7. The summed E-state index contributed by atoms with van der Waals surface area (Å²) in [5, 5.41) is 0. The highest BCUT2D eigenvalue weighted by Gasteiger charge is 2.24. The second-order valence-electron chi connectivity index (χ2n) is 6.87. The quantitative estimate of drug-likeness (QED) is 0.695. The van der Waals surface area contributed by atoms with Gasteiger partial charge in [0.05, 0.1) is 5.56 Å². The van der Waals surface area contributed by atoms with Gasteiger partial charge < -0.3 is 19.6 Å². The van der Waals surface area contributed by atoms with Crippen LogP contribution in [0.2, 0.25) is 0 Å². The first-order valence-corrected chi connectivity index (χ1v) is 9.46. The van der Waals surface area contributed by atoms with E-state index in [1.807, 2.05) is 28.0 Å². The molecule has 0 bridgehead atoms. The summed E-state index contributed by atoms with van der Waals surface area (Å²) in [5.74, 6) is 1.50. The molecule has 0 spiro atoms. The molecule has 28 heavy (non-hydrogen) atoms. The molecular weight excluding hydrogens is 358 g/mol. The zero-order valence-electron chi connectivity index (χ0n) is 15.6. The second-order valence-corrected chi connectivity index (χ2v) is 6.87. The summed E-state index contributed by atoms with van der Waals surface area (Å²) in [6.45, 7) is 5.51. The molecule has 0 N–H and O–H groups in total. The Labute approximate surface area is 163 Å². The number of aromatic nitrogens is 3. The number of carbonyl (C=O) groups excluding carboxylic acids is 2. The highest BCUT2D eigenvalue weighted by atomic mass is 16.2. The maximum absolute atomic E-state index is 12.8. The molecule has 0 radical (unpaired) electrons. The Kier molecular flexibility index (Phi) is 5.31. The molecule has 9 nitrogen and oxygen atoms in total. The second kappa shape index (κ2) is 8.20. The van der Waals surface area contributed by atoms with Gasteiger partial charge in [0.15, 0.2) is 0 Å². The minimum absolute atomic E-state index is 0.0435. The van der Waals surface area contributed by atoms with Crippen LogP contribution in [-0.4, -0.2) is 89.4 Å². The lowest BCUT2D eigenvalue weighted by Crippen LogP contribution is -2.49. The van der Waals surface area contributed by atoms with Gasteiger partial charge >= 0.3 is 0 Å². The number of rotatable bonds is 4.